The zero-order valence-electron chi connectivity index (χ0n) is 15.2. The summed E-state index contributed by atoms with van der Waals surface area (Å²) >= 11 is 0. The summed E-state index contributed by atoms with van der Waals surface area (Å²) in [7, 11) is 0. The maximum Gasteiger partial charge on any atom is 0.309 e. The van der Waals surface area contributed by atoms with E-state index in [9.17, 15) is 4.79 Å². The molecule has 3 nitrogen and oxygen atoms in total. The molecule has 132 valence electrons. The Bertz CT molecular complexity index is 531. The third-order valence-electron chi connectivity index (χ3n) is 5.85. The summed E-state index contributed by atoms with van der Waals surface area (Å²) in [6.45, 7) is 6.62. The number of rotatable bonds is 4. The molecule has 0 aromatic heterocycles. The van der Waals surface area contributed by atoms with Gasteiger partial charge in [0.25, 0.3) is 0 Å². The highest BCUT2D eigenvalue weighted by Crippen LogP contribution is 2.37. The fraction of sp³-hybridized carbons (Fsp3) is 0.667. The number of benzene rings is 1. The molecule has 0 spiro atoms. The SMILES string of the molecule is CCOC(=O)C1CCN(C2CCCCC2c2ccc(C)cc2)CC1. The van der Waals surface area contributed by atoms with E-state index >= 15 is 0 Å². The van der Waals surface area contributed by atoms with E-state index in [0.717, 1.165) is 25.9 Å². The molecule has 1 aromatic carbocycles. The average molecular weight is 329 g/mol. The van der Waals surface area contributed by atoms with E-state index in [1.807, 2.05) is 6.92 Å². The van der Waals surface area contributed by atoms with E-state index in [-0.39, 0.29) is 11.9 Å². The van der Waals surface area contributed by atoms with Crippen molar-refractivity contribution in [3.8, 4) is 0 Å². The van der Waals surface area contributed by atoms with Crippen LogP contribution in [0.5, 0.6) is 0 Å². The highest BCUT2D eigenvalue weighted by atomic mass is 16.5. The van der Waals surface area contributed by atoms with Gasteiger partial charge in [0.15, 0.2) is 0 Å². The Kier molecular flexibility index (Phi) is 5.94. The lowest BCUT2D eigenvalue weighted by Gasteiger charge is -2.43. The molecule has 1 aliphatic heterocycles. The van der Waals surface area contributed by atoms with Crippen molar-refractivity contribution in [2.24, 2.45) is 5.92 Å². The summed E-state index contributed by atoms with van der Waals surface area (Å²) in [5, 5.41) is 0. The highest BCUT2D eigenvalue weighted by molar-refractivity contribution is 5.72. The number of aryl methyl sites for hydroxylation is 1. The first-order valence-corrected chi connectivity index (χ1v) is 9.66. The van der Waals surface area contributed by atoms with Crippen molar-refractivity contribution in [3.05, 3.63) is 35.4 Å². The zero-order chi connectivity index (χ0) is 16.9. The molecule has 1 aromatic rings. The molecule has 24 heavy (non-hydrogen) atoms. The summed E-state index contributed by atoms with van der Waals surface area (Å²) in [4.78, 5) is 14.6. The summed E-state index contributed by atoms with van der Waals surface area (Å²) in [5.41, 5.74) is 2.83. The Morgan fingerprint density at radius 1 is 1.08 bits per heavy atom. The van der Waals surface area contributed by atoms with Crippen LogP contribution in [0.4, 0.5) is 0 Å². The van der Waals surface area contributed by atoms with Crippen LogP contribution in [0, 0.1) is 12.8 Å². The van der Waals surface area contributed by atoms with E-state index in [1.54, 1.807) is 0 Å². The predicted octanol–water partition coefficient (Wildman–Crippen LogP) is 4.30. The van der Waals surface area contributed by atoms with Crippen LogP contribution in [0.3, 0.4) is 0 Å². The van der Waals surface area contributed by atoms with Crippen LogP contribution in [0.1, 0.15) is 62.5 Å². The molecule has 3 rings (SSSR count). The van der Waals surface area contributed by atoms with Crippen LogP contribution in [-0.4, -0.2) is 36.6 Å². The molecule has 0 amide bonds. The molecule has 0 radical (unpaired) electrons. The van der Waals surface area contributed by atoms with E-state index in [4.69, 9.17) is 4.74 Å². The molecule has 1 saturated heterocycles. The first-order chi connectivity index (χ1) is 11.7. The van der Waals surface area contributed by atoms with Gasteiger partial charge in [-0.1, -0.05) is 42.7 Å². The predicted molar refractivity (Wildman–Crippen MR) is 97.1 cm³/mol. The lowest BCUT2D eigenvalue weighted by atomic mass is 9.78. The minimum atomic E-state index is 0.0101. The number of nitrogens with zero attached hydrogens (tertiary/aromatic N) is 1. The summed E-state index contributed by atoms with van der Waals surface area (Å²) < 4.78 is 5.21. The molecular formula is C21H31NO2. The Hall–Kier alpha value is -1.35. The van der Waals surface area contributed by atoms with E-state index in [2.05, 4.69) is 36.1 Å². The molecule has 2 atom stereocenters. The first-order valence-electron chi connectivity index (χ1n) is 9.66. The summed E-state index contributed by atoms with van der Waals surface area (Å²) in [6.07, 6.45) is 7.18. The summed E-state index contributed by atoms with van der Waals surface area (Å²) in [6, 6.07) is 9.78. The molecule has 1 heterocycles. The van der Waals surface area contributed by atoms with Gasteiger partial charge >= 0.3 is 5.97 Å². The molecule has 3 heteroatoms. The normalized spacial score (nSPS) is 26.2. The van der Waals surface area contributed by atoms with Gasteiger partial charge in [0.2, 0.25) is 0 Å². The van der Waals surface area contributed by atoms with E-state index in [1.165, 1.54) is 36.8 Å². The smallest absolute Gasteiger partial charge is 0.309 e. The van der Waals surface area contributed by atoms with Gasteiger partial charge in [-0.25, -0.2) is 0 Å². The van der Waals surface area contributed by atoms with Gasteiger partial charge in [0, 0.05) is 6.04 Å². The maximum atomic E-state index is 12.0. The van der Waals surface area contributed by atoms with Crippen molar-refractivity contribution in [3.63, 3.8) is 0 Å². The zero-order valence-corrected chi connectivity index (χ0v) is 15.2. The molecule has 2 unspecified atom stereocenters. The fourth-order valence-corrected chi connectivity index (χ4v) is 4.48. The van der Waals surface area contributed by atoms with Crippen molar-refractivity contribution in [1.82, 2.24) is 4.90 Å². The lowest BCUT2D eigenvalue weighted by molar-refractivity contribution is -0.149. The van der Waals surface area contributed by atoms with Gasteiger partial charge < -0.3 is 4.74 Å². The van der Waals surface area contributed by atoms with Gasteiger partial charge in [0.05, 0.1) is 12.5 Å². The first kappa shape index (κ1) is 17.5. The standard InChI is InChI=1S/C21H31NO2/c1-3-24-21(23)18-12-14-22(15-13-18)20-7-5-4-6-19(20)17-10-8-16(2)9-11-17/h8-11,18-20H,3-7,12-15H2,1-2H3. The van der Waals surface area contributed by atoms with Crippen molar-refractivity contribution < 1.29 is 9.53 Å². The molecule has 1 aliphatic carbocycles. The van der Waals surface area contributed by atoms with Crippen LogP contribution in [-0.2, 0) is 9.53 Å². The number of esters is 1. The van der Waals surface area contributed by atoms with Crippen LogP contribution >= 0.6 is 0 Å². The lowest BCUT2D eigenvalue weighted by Crippen LogP contribution is -2.46. The Labute approximate surface area is 146 Å². The Morgan fingerprint density at radius 3 is 2.42 bits per heavy atom. The van der Waals surface area contributed by atoms with Gasteiger partial charge in [-0.15, -0.1) is 0 Å². The average Bonchev–Trinajstić information content (AvgIpc) is 2.63. The number of piperidine rings is 1. The van der Waals surface area contributed by atoms with E-state index < -0.39 is 0 Å². The van der Waals surface area contributed by atoms with Gasteiger partial charge in [-0.2, -0.15) is 0 Å². The highest BCUT2D eigenvalue weighted by Gasteiger charge is 2.35. The number of ether oxygens (including phenoxy) is 1. The Balaban J connectivity index is 1.64. The number of likely N-dealkylation sites (tertiary alicyclic amines) is 1. The minimum absolute atomic E-state index is 0.0101. The minimum Gasteiger partial charge on any atom is -0.466 e. The van der Waals surface area contributed by atoms with Crippen LogP contribution in [0.15, 0.2) is 24.3 Å². The fourth-order valence-electron chi connectivity index (χ4n) is 4.48. The Morgan fingerprint density at radius 2 is 1.75 bits per heavy atom. The van der Waals surface area contributed by atoms with Crippen LogP contribution in [0.25, 0.3) is 0 Å². The number of hydrogen-bond donors (Lipinski definition) is 0. The van der Waals surface area contributed by atoms with Crippen molar-refractivity contribution in [1.29, 1.82) is 0 Å². The van der Waals surface area contributed by atoms with Crippen molar-refractivity contribution in [2.75, 3.05) is 19.7 Å². The molecule has 0 bridgehead atoms. The number of carbonyl (C=O) groups is 1. The second-order valence-electron chi connectivity index (χ2n) is 7.43. The summed E-state index contributed by atoms with van der Waals surface area (Å²) in [5.74, 6) is 0.775. The topological polar surface area (TPSA) is 29.5 Å². The number of carbonyl (C=O) groups excluding carboxylic acids is 1. The number of hydrogen-bond acceptors (Lipinski definition) is 3. The third-order valence-corrected chi connectivity index (χ3v) is 5.85. The second-order valence-corrected chi connectivity index (χ2v) is 7.43. The molecule has 0 N–H and O–H groups in total. The van der Waals surface area contributed by atoms with E-state index in [0.29, 0.717) is 18.6 Å². The molecular weight excluding hydrogens is 298 g/mol. The van der Waals surface area contributed by atoms with Gasteiger partial charge in [0.1, 0.15) is 0 Å². The maximum absolute atomic E-state index is 12.0. The van der Waals surface area contributed by atoms with Gasteiger partial charge in [-0.3, -0.25) is 9.69 Å². The van der Waals surface area contributed by atoms with Gasteiger partial charge in [-0.05, 0) is 64.1 Å². The monoisotopic (exact) mass is 329 g/mol. The second kappa shape index (κ2) is 8.15. The molecule has 2 fully saturated rings. The quantitative estimate of drug-likeness (QED) is 0.772. The van der Waals surface area contributed by atoms with Crippen LogP contribution < -0.4 is 0 Å². The largest absolute Gasteiger partial charge is 0.466 e. The van der Waals surface area contributed by atoms with Crippen molar-refractivity contribution in [2.45, 2.75) is 64.3 Å². The molecule has 1 saturated carbocycles. The third kappa shape index (κ3) is 4.00. The van der Waals surface area contributed by atoms with Crippen LogP contribution in [0.2, 0.25) is 0 Å². The molecule has 2 aliphatic rings. The van der Waals surface area contributed by atoms with Crippen molar-refractivity contribution >= 4 is 5.97 Å².